The van der Waals surface area contributed by atoms with E-state index in [0.717, 1.165) is 28.9 Å². The van der Waals surface area contributed by atoms with Crippen molar-refractivity contribution in [3.05, 3.63) is 79.0 Å². The topological polar surface area (TPSA) is 74.9 Å². The quantitative estimate of drug-likeness (QED) is 0.163. The first-order valence-electron chi connectivity index (χ1n) is 13.7. The van der Waals surface area contributed by atoms with E-state index in [-0.39, 0.29) is 17.6 Å². The molecule has 0 unspecified atom stereocenters. The number of halogens is 2. The Morgan fingerprint density at radius 3 is 2.51 bits per heavy atom. The predicted molar refractivity (Wildman–Crippen MR) is 171 cm³/mol. The third-order valence-electron chi connectivity index (χ3n) is 6.86. The molecule has 0 aliphatic heterocycles. The van der Waals surface area contributed by atoms with Gasteiger partial charge in [-0.1, -0.05) is 44.5 Å². The summed E-state index contributed by atoms with van der Waals surface area (Å²) in [6.45, 7) is 12.7. The van der Waals surface area contributed by atoms with Crippen molar-refractivity contribution < 1.29 is 14.2 Å². The van der Waals surface area contributed by atoms with Crippen LogP contribution in [0.25, 0.3) is 22.3 Å². The zero-order valence-electron chi connectivity index (χ0n) is 24.4. The Balaban J connectivity index is 1.94. The third-order valence-corrected chi connectivity index (χ3v) is 8.30. The molecule has 0 fully saturated rings. The van der Waals surface area contributed by atoms with Crippen LogP contribution in [0, 0.1) is 6.92 Å². The highest BCUT2D eigenvalue weighted by molar-refractivity contribution is 9.10. The van der Waals surface area contributed by atoms with Gasteiger partial charge in [0.1, 0.15) is 10.8 Å². The summed E-state index contributed by atoms with van der Waals surface area (Å²) >= 11 is 10.3. The fraction of sp³-hybridized carbons (Fsp3) is 0.344. The van der Waals surface area contributed by atoms with Crippen molar-refractivity contribution in [1.82, 2.24) is 9.66 Å². The summed E-state index contributed by atoms with van der Waals surface area (Å²) in [6, 6.07) is 13.1. The van der Waals surface area contributed by atoms with Gasteiger partial charge < -0.3 is 14.2 Å². The number of hydrogen-bond donors (Lipinski definition) is 0. The van der Waals surface area contributed by atoms with E-state index >= 15 is 0 Å². The first-order chi connectivity index (χ1) is 19.6. The summed E-state index contributed by atoms with van der Waals surface area (Å²) in [5, 5.41) is 5.49. The van der Waals surface area contributed by atoms with E-state index in [0.29, 0.717) is 49.9 Å². The van der Waals surface area contributed by atoms with Gasteiger partial charge in [0, 0.05) is 15.6 Å². The van der Waals surface area contributed by atoms with Crippen LogP contribution in [0.2, 0.25) is 5.02 Å². The van der Waals surface area contributed by atoms with Crippen LogP contribution >= 0.6 is 27.5 Å². The average Bonchev–Trinajstić information content (AvgIpc) is 2.95. The molecule has 1 atom stereocenters. The molecule has 4 rings (SSSR count). The van der Waals surface area contributed by atoms with Crippen LogP contribution in [-0.4, -0.2) is 35.7 Å². The van der Waals surface area contributed by atoms with E-state index in [4.69, 9.17) is 30.8 Å². The molecule has 0 saturated carbocycles. The highest BCUT2D eigenvalue weighted by Gasteiger charge is 2.21. The number of fused-ring (bicyclic) bond motifs is 1. The van der Waals surface area contributed by atoms with E-state index in [9.17, 15) is 4.79 Å². The van der Waals surface area contributed by atoms with E-state index in [2.05, 4.69) is 34.9 Å². The molecule has 1 heterocycles. The van der Waals surface area contributed by atoms with Crippen molar-refractivity contribution in [2.24, 2.45) is 5.10 Å². The molecule has 7 nitrogen and oxygen atoms in total. The van der Waals surface area contributed by atoms with E-state index in [1.54, 1.807) is 25.5 Å². The molecular formula is C32H35BrClN3O4. The summed E-state index contributed by atoms with van der Waals surface area (Å²) in [5.74, 6) is 2.37. The molecule has 41 heavy (non-hydrogen) atoms. The van der Waals surface area contributed by atoms with Crippen LogP contribution in [0.4, 0.5) is 0 Å². The van der Waals surface area contributed by atoms with Gasteiger partial charge in [-0.25, -0.2) is 4.98 Å². The van der Waals surface area contributed by atoms with Gasteiger partial charge in [0.05, 0.1) is 36.9 Å². The maximum absolute atomic E-state index is 13.8. The molecule has 0 saturated heterocycles. The van der Waals surface area contributed by atoms with Gasteiger partial charge in [-0.15, -0.1) is 0 Å². The summed E-state index contributed by atoms with van der Waals surface area (Å²) in [6.07, 6.45) is 2.33. The zero-order valence-corrected chi connectivity index (χ0v) is 26.8. The molecule has 4 aromatic rings. The maximum Gasteiger partial charge on any atom is 0.282 e. The van der Waals surface area contributed by atoms with Crippen LogP contribution in [0.5, 0.6) is 17.2 Å². The Labute approximate surface area is 254 Å². The van der Waals surface area contributed by atoms with Crippen molar-refractivity contribution in [1.29, 1.82) is 0 Å². The van der Waals surface area contributed by atoms with Crippen LogP contribution in [0.1, 0.15) is 63.6 Å². The van der Waals surface area contributed by atoms with Crippen molar-refractivity contribution in [3.8, 4) is 28.6 Å². The number of rotatable bonds is 10. The zero-order chi connectivity index (χ0) is 29.8. The predicted octanol–water partition coefficient (Wildman–Crippen LogP) is 8.38. The highest BCUT2D eigenvalue weighted by atomic mass is 79.9. The van der Waals surface area contributed by atoms with E-state index in [1.165, 1.54) is 4.68 Å². The lowest BCUT2D eigenvalue weighted by atomic mass is 9.96. The Kier molecular flexibility index (Phi) is 9.76. The second-order valence-corrected chi connectivity index (χ2v) is 11.2. The van der Waals surface area contributed by atoms with E-state index in [1.807, 2.05) is 58.0 Å². The molecule has 216 valence electrons. The molecule has 0 aliphatic carbocycles. The Morgan fingerprint density at radius 1 is 1.12 bits per heavy atom. The fourth-order valence-corrected chi connectivity index (χ4v) is 5.08. The summed E-state index contributed by atoms with van der Waals surface area (Å²) in [7, 11) is 1.56. The minimum atomic E-state index is -0.285. The second-order valence-electron chi connectivity index (χ2n) is 10.1. The molecule has 3 aromatic carbocycles. The molecule has 1 aromatic heterocycles. The lowest BCUT2D eigenvalue weighted by Gasteiger charge is -2.19. The Hall–Kier alpha value is -3.36. The minimum absolute atomic E-state index is 0.0503. The van der Waals surface area contributed by atoms with Gasteiger partial charge in [-0.2, -0.15) is 9.78 Å². The average molecular weight is 641 g/mol. The minimum Gasteiger partial charge on any atom is -0.494 e. The molecular weight excluding hydrogens is 606 g/mol. The first kappa shape index (κ1) is 30.6. The summed E-state index contributed by atoms with van der Waals surface area (Å²) in [5.41, 5.74) is 3.66. The third kappa shape index (κ3) is 6.28. The van der Waals surface area contributed by atoms with Gasteiger partial charge in [0.25, 0.3) is 5.56 Å². The molecule has 9 heteroatoms. The van der Waals surface area contributed by atoms with E-state index < -0.39 is 0 Å². The van der Waals surface area contributed by atoms with Crippen molar-refractivity contribution in [2.45, 2.75) is 60.0 Å². The van der Waals surface area contributed by atoms with Gasteiger partial charge in [-0.05, 0) is 90.5 Å². The molecule has 0 amide bonds. The van der Waals surface area contributed by atoms with Crippen molar-refractivity contribution in [3.63, 3.8) is 0 Å². The number of hydrogen-bond acceptors (Lipinski definition) is 6. The Morgan fingerprint density at radius 2 is 1.85 bits per heavy atom. The van der Waals surface area contributed by atoms with Gasteiger partial charge in [0.2, 0.25) is 0 Å². The van der Waals surface area contributed by atoms with Crippen LogP contribution < -0.4 is 19.8 Å². The lowest BCUT2D eigenvalue weighted by Crippen LogP contribution is -2.21. The summed E-state index contributed by atoms with van der Waals surface area (Å²) in [4.78, 5) is 18.7. The largest absolute Gasteiger partial charge is 0.494 e. The molecule has 0 aliphatic rings. The normalized spacial score (nSPS) is 12.3. The number of ether oxygens (including phenoxy) is 3. The molecule has 0 radical (unpaired) electrons. The van der Waals surface area contributed by atoms with Gasteiger partial charge in [-0.3, -0.25) is 4.79 Å². The van der Waals surface area contributed by atoms with Crippen molar-refractivity contribution >= 4 is 44.6 Å². The summed E-state index contributed by atoms with van der Waals surface area (Å²) < 4.78 is 19.5. The number of benzene rings is 3. The number of para-hydroxylation sites is 1. The molecule has 0 N–H and O–H groups in total. The standard InChI is InChI=1S/C32H35BrClN3O4/c1-8-20(6)41-30-27(39-7)15-21(28(33)29(30)34)17-35-37-31(36-25-13-11-10-12-22(25)32(37)38)24-16-23(18(3)4)26(40-9-2)14-19(24)5/h10-18,20H,8-9H2,1-7H3/t20-/m0/s1. The lowest BCUT2D eigenvalue weighted by molar-refractivity contribution is 0.207. The van der Waals surface area contributed by atoms with Crippen LogP contribution in [-0.2, 0) is 0 Å². The SMILES string of the molecule is CCOc1cc(C)c(-c2nc3ccccc3c(=O)n2N=Cc2cc(OC)c(O[C@@H](C)CC)c(Cl)c2Br)cc1C(C)C. The highest BCUT2D eigenvalue weighted by Crippen LogP contribution is 2.43. The number of nitrogens with zero attached hydrogens (tertiary/aromatic N) is 3. The Bertz CT molecular complexity index is 1670. The van der Waals surface area contributed by atoms with Crippen LogP contribution in [0.15, 0.2) is 56.8 Å². The smallest absolute Gasteiger partial charge is 0.282 e. The number of aromatic nitrogens is 2. The monoisotopic (exact) mass is 639 g/mol. The molecule has 0 bridgehead atoms. The number of aryl methyl sites for hydroxylation is 1. The number of methoxy groups -OCH3 is 1. The second kappa shape index (κ2) is 13.1. The van der Waals surface area contributed by atoms with Crippen molar-refractivity contribution in [2.75, 3.05) is 13.7 Å². The first-order valence-corrected chi connectivity index (χ1v) is 14.8. The van der Waals surface area contributed by atoms with Gasteiger partial charge in [0.15, 0.2) is 17.3 Å². The fourth-order valence-electron chi connectivity index (χ4n) is 4.44. The molecule has 0 spiro atoms. The van der Waals surface area contributed by atoms with Gasteiger partial charge >= 0.3 is 0 Å². The van der Waals surface area contributed by atoms with Crippen LogP contribution in [0.3, 0.4) is 0 Å². The maximum atomic E-state index is 13.8.